The Morgan fingerprint density at radius 1 is 1.56 bits per heavy atom. The summed E-state index contributed by atoms with van der Waals surface area (Å²) in [5.41, 5.74) is 1.08. The molecule has 1 aromatic rings. The molecule has 0 amide bonds. The number of nitrogens with one attached hydrogen (secondary N) is 1. The van der Waals surface area contributed by atoms with Gasteiger partial charge in [0.05, 0.1) is 12.8 Å². The third-order valence-corrected chi connectivity index (χ3v) is 3.06. The van der Waals surface area contributed by atoms with Crippen molar-refractivity contribution >= 4 is 0 Å². The molecule has 4 heteroatoms. The quantitative estimate of drug-likeness (QED) is 0.819. The van der Waals surface area contributed by atoms with Gasteiger partial charge in [-0.25, -0.2) is 4.98 Å². The first kappa shape index (κ1) is 11.4. The fourth-order valence-corrected chi connectivity index (χ4v) is 2.10. The third kappa shape index (κ3) is 2.71. The van der Waals surface area contributed by atoms with Gasteiger partial charge in [-0.05, 0) is 19.5 Å². The first-order valence-corrected chi connectivity index (χ1v) is 5.71. The Hall–Kier alpha value is -1.13. The average Bonchev–Trinajstić information content (AvgIpc) is 2.77. The highest BCUT2D eigenvalue weighted by molar-refractivity contribution is 5.15. The maximum absolute atomic E-state index is 5.12. The molecular weight excluding hydrogens is 202 g/mol. The van der Waals surface area contributed by atoms with E-state index in [0.717, 1.165) is 25.3 Å². The first-order chi connectivity index (χ1) is 7.81. The van der Waals surface area contributed by atoms with Crippen molar-refractivity contribution in [3.63, 3.8) is 0 Å². The number of hydrogen-bond donors (Lipinski definition) is 1. The second-order valence-electron chi connectivity index (χ2n) is 4.18. The van der Waals surface area contributed by atoms with Crippen molar-refractivity contribution in [3.05, 3.63) is 23.9 Å². The molecular formula is C12H19N3O. The van der Waals surface area contributed by atoms with Crippen LogP contribution in [0, 0.1) is 0 Å². The van der Waals surface area contributed by atoms with Gasteiger partial charge in [0.25, 0.3) is 0 Å². The Balaban J connectivity index is 1.94. The molecule has 2 heterocycles. The molecule has 1 aliphatic heterocycles. The molecule has 0 aliphatic carbocycles. The van der Waals surface area contributed by atoms with E-state index in [4.69, 9.17) is 4.74 Å². The zero-order valence-electron chi connectivity index (χ0n) is 9.94. The molecule has 0 spiro atoms. The van der Waals surface area contributed by atoms with Crippen LogP contribution in [-0.2, 0) is 6.54 Å². The number of likely N-dealkylation sites (N-methyl/N-ethyl adjacent to an activating group) is 1. The van der Waals surface area contributed by atoms with E-state index in [2.05, 4.69) is 21.3 Å². The van der Waals surface area contributed by atoms with Crippen LogP contribution in [0.3, 0.4) is 0 Å². The minimum Gasteiger partial charge on any atom is -0.481 e. The van der Waals surface area contributed by atoms with Gasteiger partial charge in [-0.1, -0.05) is 6.07 Å². The lowest BCUT2D eigenvalue weighted by atomic mass is 10.3. The molecule has 1 unspecified atom stereocenters. The molecule has 1 saturated heterocycles. The van der Waals surface area contributed by atoms with E-state index in [1.165, 1.54) is 6.42 Å². The van der Waals surface area contributed by atoms with E-state index < -0.39 is 0 Å². The lowest BCUT2D eigenvalue weighted by Crippen LogP contribution is -2.29. The summed E-state index contributed by atoms with van der Waals surface area (Å²) >= 11 is 0. The molecule has 1 fully saturated rings. The van der Waals surface area contributed by atoms with Crippen LogP contribution in [0.15, 0.2) is 18.2 Å². The van der Waals surface area contributed by atoms with Crippen LogP contribution in [-0.4, -0.2) is 43.2 Å². The smallest absolute Gasteiger partial charge is 0.213 e. The summed E-state index contributed by atoms with van der Waals surface area (Å²) in [6.07, 6.45) is 1.22. The summed E-state index contributed by atoms with van der Waals surface area (Å²) in [5, 5.41) is 3.32. The second-order valence-corrected chi connectivity index (χ2v) is 4.18. The maximum atomic E-state index is 5.12. The molecule has 88 valence electrons. The minimum atomic E-state index is 0.630. The van der Waals surface area contributed by atoms with Gasteiger partial charge in [0, 0.05) is 31.7 Å². The third-order valence-electron chi connectivity index (χ3n) is 3.06. The van der Waals surface area contributed by atoms with Gasteiger partial charge in [-0.2, -0.15) is 0 Å². The first-order valence-electron chi connectivity index (χ1n) is 5.71. The molecule has 0 bridgehead atoms. The van der Waals surface area contributed by atoms with Crippen LogP contribution >= 0.6 is 0 Å². The van der Waals surface area contributed by atoms with Gasteiger partial charge in [0.15, 0.2) is 0 Å². The van der Waals surface area contributed by atoms with E-state index in [9.17, 15) is 0 Å². The van der Waals surface area contributed by atoms with E-state index >= 15 is 0 Å². The van der Waals surface area contributed by atoms with E-state index in [1.54, 1.807) is 7.11 Å². The molecule has 1 aliphatic rings. The predicted molar refractivity (Wildman–Crippen MR) is 63.5 cm³/mol. The van der Waals surface area contributed by atoms with Crippen LogP contribution in [0.2, 0.25) is 0 Å². The number of hydrogen-bond acceptors (Lipinski definition) is 4. The second kappa shape index (κ2) is 5.27. The predicted octanol–water partition coefficient (Wildman–Crippen LogP) is 0.884. The molecule has 4 nitrogen and oxygen atoms in total. The van der Waals surface area contributed by atoms with Crippen molar-refractivity contribution < 1.29 is 4.74 Å². The summed E-state index contributed by atoms with van der Waals surface area (Å²) in [6.45, 7) is 3.16. The molecule has 0 saturated carbocycles. The number of pyridine rings is 1. The van der Waals surface area contributed by atoms with E-state index in [0.29, 0.717) is 11.9 Å². The minimum absolute atomic E-state index is 0.630. The average molecular weight is 221 g/mol. The van der Waals surface area contributed by atoms with Gasteiger partial charge in [0.1, 0.15) is 0 Å². The number of likely N-dealkylation sites (tertiary alicyclic amines) is 1. The summed E-state index contributed by atoms with van der Waals surface area (Å²) in [4.78, 5) is 6.84. The fourth-order valence-electron chi connectivity index (χ4n) is 2.10. The SMILES string of the molecule is CNC1CCN(Cc2cccc(OC)n2)C1. The number of aromatic nitrogens is 1. The molecule has 16 heavy (non-hydrogen) atoms. The zero-order valence-corrected chi connectivity index (χ0v) is 9.94. The number of ether oxygens (including phenoxy) is 1. The van der Waals surface area contributed by atoms with Crippen molar-refractivity contribution in [2.75, 3.05) is 27.2 Å². The zero-order chi connectivity index (χ0) is 11.4. The Bertz CT molecular complexity index is 343. The highest BCUT2D eigenvalue weighted by Gasteiger charge is 2.20. The summed E-state index contributed by atoms with van der Waals surface area (Å²) in [7, 11) is 3.68. The van der Waals surface area contributed by atoms with Gasteiger partial charge in [-0.3, -0.25) is 4.90 Å². The summed E-state index contributed by atoms with van der Waals surface area (Å²) in [5.74, 6) is 0.696. The van der Waals surface area contributed by atoms with Crippen LogP contribution in [0.1, 0.15) is 12.1 Å². The molecule has 1 atom stereocenters. The number of methoxy groups -OCH3 is 1. The Kier molecular flexibility index (Phi) is 3.74. The van der Waals surface area contributed by atoms with Crippen molar-refractivity contribution in [2.24, 2.45) is 0 Å². The van der Waals surface area contributed by atoms with Crippen LogP contribution in [0.25, 0.3) is 0 Å². The molecule has 0 aromatic carbocycles. The molecule has 1 N–H and O–H groups in total. The van der Waals surface area contributed by atoms with Crippen molar-refractivity contribution in [2.45, 2.75) is 19.0 Å². The van der Waals surface area contributed by atoms with E-state index in [-0.39, 0.29) is 0 Å². The topological polar surface area (TPSA) is 37.4 Å². The number of rotatable bonds is 4. The summed E-state index contributed by atoms with van der Waals surface area (Å²) < 4.78 is 5.12. The van der Waals surface area contributed by atoms with Crippen molar-refractivity contribution in [3.8, 4) is 5.88 Å². The molecule has 2 rings (SSSR count). The van der Waals surface area contributed by atoms with Gasteiger partial charge < -0.3 is 10.1 Å². The lowest BCUT2D eigenvalue weighted by Gasteiger charge is -2.15. The normalized spacial score (nSPS) is 21.2. The van der Waals surface area contributed by atoms with Crippen LogP contribution in [0.4, 0.5) is 0 Å². The number of nitrogens with zero attached hydrogens (tertiary/aromatic N) is 2. The summed E-state index contributed by atoms with van der Waals surface area (Å²) in [6, 6.07) is 6.55. The van der Waals surface area contributed by atoms with E-state index in [1.807, 2.05) is 19.2 Å². The van der Waals surface area contributed by atoms with Gasteiger partial charge >= 0.3 is 0 Å². The highest BCUT2D eigenvalue weighted by atomic mass is 16.5. The Morgan fingerprint density at radius 2 is 2.44 bits per heavy atom. The molecule has 0 radical (unpaired) electrons. The monoisotopic (exact) mass is 221 g/mol. The standard InChI is InChI=1S/C12H19N3O/c1-13-10-6-7-15(8-10)9-11-4-3-5-12(14-11)16-2/h3-5,10,13H,6-9H2,1-2H3. The maximum Gasteiger partial charge on any atom is 0.213 e. The van der Waals surface area contributed by atoms with Crippen LogP contribution in [0.5, 0.6) is 5.88 Å². The highest BCUT2D eigenvalue weighted by Crippen LogP contribution is 2.14. The Labute approximate surface area is 96.6 Å². The van der Waals surface area contributed by atoms with Gasteiger partial charge in [-0.15, -0.1) is 0 Å². The largest absolute Gasteiger partial charge is 0.481 e. The van der Waals surface area contributed by atoms with Crippen LogP contribution < -0.4 is 10.1 Å². The van der Waals surface area contributed by atoms with Crippen molar-refractivity contribution in [1.29, 1.82) is 0 Å². The Morgan fingerprint density at radius 3 is 3.12 bits per heavy atom. The molecule has 1 aromatic heterocycles. The van der Waals surface area contributed by atoms with Gasteiger partial charge in [0.2, 0.25) is 5.88 Å². The fraction of sp³-hybridized carbons (Fsp3) is 0.583. The van der Waals surface area contributed by atoms with Crippen molar-refractivity contribution in [1.82, 2.24) is 15.2 Å². The lowest BCUT2D eigenvalue weighted by molar-refractivity contribution is 0.315.